The third-order valence-electron chi connectivity index (χ3n) is 4.33. The number of aryl methyl sites for hydroxylation is 1. The van der Waals surface area contributed by atoms with Crippen molar-refractivity contribution in [1.82, 2.24) is 9.38 Å². The van der Waals surface area contributed by atoms with Crippen LogP contribution >= 0.6 is 22.9 Å². The van der Waals surface area contributed by atoms with Gasteiger partial charge >= 0.3 is 0 Å². The van der Waals surface area contributed by atoms with Crippen LogP contribution in [0.3, 0.4) is 0 Å². The molecule has 0 aliphatic rings. The summed E-state index contributed by atoms with van der Waals surface area (Å²) in [5, 5.41) is 5.08. The number of carbonyl (C=O) groups excluding carboxylic acids is 1. The molecule has 0 radical (unpaired) electrons. The minimum absolute atomic E-state index is 0.135. The third kappa shape index (κ3) is 5.04. The number of nitrogens with zero attached hydrogens (tertiary/aromatic N) is 2. The van der Waals surface area contributed by atoms with Gasteiger partial charge in [-0.15, -0.1) is 11.3 Å². The van der Waals surface area contributed by atoms with Crippen molar-refractivity contribution >= 4 is 39.5 Å². The lowest BCUT2D eigenvalue weighted by molar-refractivity contribution is -0.118. The number of hydrogen-bond donors (Lipinski definition) is 1. The minimum Gasteiger partial charge on any atom is -0.487 e. The van der Waals surface area contributed by atoms with Crippen LogP contribution in [0, 0.1) is 6.92 Å². The standard InChI is InChI=1S/C22H18ClN3O4S/c1-14-13-31-22-25-16(10-21(28)26(14)22)11-29-17-6-4-5-15(9-17)24-20(27)12-30-19-8-3-2-7-18(19)23/h2-10,13H,11-12H2,1H3,(H,24,27). The molecule has 0 saturated heterocycles. The lowest BCUT2D eigenvalue weighted by Gasteiger charge is -2.10. The first-order chi connectivity index (χ1) is 15.0. The van der Waals surface area contributed by atoms with E-state index in [1.165, 1.54) is 17.4 Å². The van der Waals surface area contributed by atoms with Crippen molar-refractivity contribution in [2.24, 2.45) is 0 Å². The van der Waals surface area contributed by atoms with Crippen molar-refractivity contribution in [3.05, 3.63) is 86.7 Å². The molecule has 2 aromatic heterocycles. The van der Waals surface area contributed by atoms with E-state index in [1.54, 1.807) is 52.9 Å². The van der Waals surface area contributed by atoms with Crippen molar-refractivity contribution < 1.29 is 14.3 Å². The fourth-order valence-corrected chi connectivity index (χ4v) is 3.98. The van der Waals surface area contributed by atoms with Gasteiger partial charge in [-0.25, -0.2) is 4.98 Å². The maximum atomic E-state index is 12.3. The van der Waals surface area contributed by atoms with E-state index in [9.17, 15) is 9.59 Å². The van der Waals surface area contributed by atoms with E-state index in [0.717, 1.165) is 5.69 Å². The van der Waals surface area contributed by atoms with Gasteiger partial charge in [-0.3, -0.25) is 14.0 Å². The van der Waals surface area contributed by atoms with Gasteiger partial charge in [-0.05, 0) is 31.2 Å². The zero-order valence-corrected chi connectivity index (χ0v) is 18.1. The summed E-state index contributed by atoms with van der Waals surface area (Å²) in [4.78, 5) is 29.5. The van der Waals surface area contributed by atoms with Gasteiger partial charge in [0.2, 0.25) is 0 Å². The summed E-state index contributed by atoms with van der Waals surface area (Å²) in [7, 11) is 0. The van der Waals surface area contributed by atoms with Crippen LogP contribution in [0.25, 0.3) is 4.96 Å². The molecule has 31 heavy (non-hydrogen) atoms. The second kappa shape index (κ2) is 9.20. The molecular formula is C22H18ClN3O4S. The maximum absolute atomic E-state index is 12.3. The second-order valence-corrected chi connectivity index (χ2v) is 7.91. The Hall–Kier alpha value is -3.36. The lowest BCUT2D eigenvalue weighted by atomic mass is 10.3. The zero-order valence-electron chi connectivity index (χ0n) is 16.5. The van der Waals surface area contributed by atoms with Crippen LogP contribution in [0.2, 0.25) is 5.02 Å². The normalized spacial score (nSPS) is 10.8. The largest absolute Gasteiger partial charge is 0.487 e. The van der Waals surface area contributed by atoms with Crippen molar-refractivity contribution in [2.75, 3.05) is 11.9 Å². The Morgan fingerprint density at radius 3 is 2.84 bits per heavy atom. The highest BCUT2D eigenvalue weighted by Crippen LogP contribution is 2.23. The van der Waals surface area contributed by atoms with E-state index >= 15 is 0 Å². The lowest BCUT2D eigenvalue weighted by Crippen LogP contribution is -2.20. The first kappa shape index (κ1) is 20.9. The Morgan fingerprint density at radius 2 is 2.00 bits per heavy atom. The van der Waals surface area contributed by atoms with Gasteiger partial charge in [0.15, 0.2) is 11.6 Å². The quantitative estimate of drug-likeness (QED) is 0.449. The van der Waals surface area contributed by atoms with E-state index in [1.807, 2.05) is 12.3 Å². The highest BCUT2D eigenvalue weighted by Gasteiger charge is 2.09. The summed E-state index contributed by atoms with van der Waals surface area (Å²) in [6.45, 7) is 1.82. The van der Waals surface area contributed by atoms with E-state index < -0.39 is 0 Å². The smallest absolute Gasteiger partial charge is 0.262 e. The monoisotopic (exact) mass is 455 g/mol. The number of para-hydroxylation sites is 1. The first-order valence-electron chi connectivity index (χ1n) is 9.36. The van der Waals surface area contributed by atoms with Crippen LogP contribution in [0.1, 0.15) is 11.4 Å². The van der Waals surface area contributed by atoms with E-state index in [2.05, 4.69) is 10.3 Å². The minimum atomic E-state index is -0.328. The molecule has 0 atom stereocenters. The number of thiazole rings is 1. The fraction of sp³-hybridized carbons (Fsp3) is 0.136. The highest BCUT2D eigenvalue weighted by atomic mass is 35.5. The Morgan fingerprint density at radius 1 is 1.16 bits per heavy atom. The van der Waals surface area contributed by atoms with Crippen LogP contribution in [0.5, 0.6) is 11.5 Å². The predicted molar refractivity (Wildman–Crippen MR) is 120 cm³/mol. The predicted octanol–water partition coefficient (Wildman–Crippen LogP) is 4.31. The number of rotatable bonds is 7. The number of carbonyl (C=O) groups is 1. The number of hydrogen-bond acceptors (Lipinski definition) is 6. The number of benzene rings is 2. The number of nitrogens with one attached hydrogen (secondary N) is 1. The molecule has 1 N–H and O–H groups in total. The maximum Gasteiger partial charge on any atom is 0.262 e. The van der Waals surface area contributed by atoms with Gasteiger partial charge in [0.1, 0.15) is 18.1 Å². The Balaban J connectivity index is 1.36. The molecule has 2 aromatic carbocycles. The number of ether oxygens (including phenoxy) is 2. The zero-order chi connectivity index (χ0) is 21.8. The van der Waals surface area contributed by atoms with Crippen molar-refractivity contribution in [2.45, 2.75) is 13.5 Å². The van der Waals surface area contributed by atoms with Crippen LogP contribution in [0.4, 0.5) is 5.69 Å². The molecule has 1 amide bonds. The molecule has 0 aliphatic carbocycles. The van der Waals surface area contributed by atoms with E-state index in [-0.39, 0.29) is 24.7 Å². The number of halogens is 1. The molecule has 0 unspecified atom stereocenters. The average molecular weight is 456 g/mol. The SMILES string of the molecule is Cc1csc2nc(COc3cccc(NC(=O)COc4ccccc4Cl)c3)cc(=O)n12. The van der Waals surface area contributed by atoms with Crippen molar-refractivity contribution in [1.29, 1.82) is 0 Å². The molecule has 7 nitrogen and oxygen atoms in total. The Kier molecular flexibility index (Phi) is 6.20. The average Bonchev–Trinajstić information content (AvgIpc) is 3.13. The van der Waals surface area contributed by atoms with Gasteiger partial charge in [-0.2, -0.15) is 0 Å². The number of aromatic nitrogens is 2. The highest BCUT2D eigenvalue weighted by molar-refractivity contribution is 7.15. The molecule has 0 spiro atoms. The Labute approximate surface area is 186 Å². The van der Waals surface area contributed by atoms with E-state index in [4.69, 9.17) is 21.1 Å². The molecule has 9 heteroatoms. The molecule has 2 heterocycles. The van der Waals surface area contributed by atoms with Gasteiger partial charge in [-0.1, -0.05) is 29.8 Å². The number of anilines is 1. The molecule has 4 aromatic rings. The summed E-state index contributed by atoms with van der Waals surface area (Å²) in [6.07, 6.45) is 0. The first-order valence-corrected chi connectivity index (χ1v) is 10.6. The second-order valence-electron chi connectivity index (χ2n) is 6.66. The molecule has 158 valence electrons. The fourth-order valence-electron chi connectivity index (χ4n) is 2.90. The van der Waals surface area contributed by atoms with Crippen molar-refractivity contribution in [3.8, 4) is 11.5 Å². The third-order valence-corrected chi connectivity index (χ3v) is 5.58. The van der Waals surface area contributed by atoms with E-state index in [0.29, 0.717) is 32.9 Å². The summed E-state index contributed by atoms with van der Waals surface area (Å²) in [6, 6.07) is 15.4. The molecule has 0 aliphatic heterocycles. The number of amides is 1. The molecule has 0 saturated carbocycles. The summed E-state index contributed by atoms with van der Waals surface area (Å²) in [5.74, 6) is 0.650. The molecule has 4 rings (SSSR count). The topological polar surface area (TPSA) is 81.9 Å². The van der Waals surface area contributed by atoms with Crippen LogP contribution in [-0.2, 0) is 11.4 Å². The Bertz CT molecular complexity index is 1300. The van der Waals surface area contributed by atoms with Crippen LogP contribution < -0.4 is 20.3 Å². The summed E-state index contributed by atoms with van der Waals surface area (Å²) >= 11 is 7.42. The molecular weight excluding hydrogens is 438 g/mol. The van der Waals surface area contributed by atoms with Gasteiger partial charge in [0.25, 0.3) is 11.5 Å². The summed E-state index contributed by atoms with van der Waals surface area (Å²) in [5.41, 5.74) is 1.81. The summed E-state index contributed by atoms with van der Waals surface area (Å²) < 4.78 is 12.8. The van der Waals surface area contributed by atoms with Crippen LogP contribution in [-0.4, -0.2) is 21.9 Å². The molecule has 0 bridgehead atoms. The number of fused-ring (bicyclic) bond motifs is 1. The van der Waals surface area contributed by atoms with Gasteiger partial charge < -0.3 is 14.8 Å². The van der Waals surface area contributed by atoms with Crippen molar-refractivity contribution in [3.63, 3.8) is 0 Å². The van der Waals surface area contributed by atoms with Crippen LogP contribution in [0.15, 0.2) is 64.8 Å². The van der Waals surface area contributed by atoms with Gasteiger partial charge in [0, 0.05) is 28.9 Å². The molecule has 0 fully saturated rings. The van der Waals surface area contributed by atoms with Gasteiger partial charge in [0.05, 0.1) is 10.7 Å².